The molecule has 0 saturated carbocycles. The third-order valence-electron chi connectivity index (χ3n) is 4.65. The highest BCUT2D eigenvalue weighted by atomic mass is 35.5. The third kappa shape index (κ3) is 4.98. The topological polar surface area (TPSA) is 73.0 Å². The molecule has 0 aliphatic rings. The van der Waals surface area contributed by atoms with Crippen LogP contribution in [0.2, 0.25) is 10.0 Å². The number of aryl methyl sites for hydroxylation is 1. The summed E-state index contributed by atoms with van der Waals surface area (Å²) in [5, 5.41) is 7.86. The molecule has 0 radical (unpaired) electrons. The van der Waals surface area contributed by atoms with Gasteiger partial charge in [-0.1, -0.05) is 35.3 Å². The van der Waals surface area contributed by atoms with Crippen molar-refractivity contribution in [1.82, 2.24) is 14.8 Å². The van der Waals surface area contributed by atoms with E-state index in [0.717, 1.165) is 17.7 Å². The summed E-state index contributed by atoms with van der Waals surface area (Å²) in [5.41, 5.74) is 0.858. The molecule has 2 aromatic heterocycles. The van der Waals surface area contributed by atoms with Gasteiger partial charge in [-0.3, -0.25) is 4.79 Å². The lowest BCUT2D eigenvalue weighted by atomic mass is 10.2. The number of hydrogen-bond donors (Lipinski definition) is 1. The van der Waals surface area contributed by atoms with Gasteiger partial charge in [0.1, 0.15) is 17.5 Å². The van der Waals surface area contributed by atoms with Crippen LogP contribution in [0.1, 0.15) is 17.9 Å². The molecule has 164 valence electrons. The van der Waals surface area contributed by atoms with Gasteiger partial charge in [-0.2, -0.15) is 5.10 Å². The molecule has 0 spiro atoms. The Morgan fingerprint density at radius 2 is 2.00 bits per heavy atom. The Kier molecular flexibility index (Phi) is 6.53. The van der Waals surface area contributed by atoms with Gasteiger partial charge >= 0.3 is 0 Å². The van der Waals surface area contributed by atoms with Gasteiger partial charge in [0.2, 0.25) is 5.91 Å². The first-order chi connectivity index (χ1) is 15.4. The first kappa shape index (κ1) is 22.0. The van der Waals surface area contributed by atoms with E-state index in [4.69, 9.17) is 27.6 Å². The molecule has 2 heterocycles. The van der Waals surface area contributed by atoms with Gasteiger partial charge in [0.15, 0.2) is 11.7 Å². The normalized spacial score (nSPS) is 11.0. The summed E-state index contributed by atoms with van der Waals surface area (Å²) < 4.78 is 34.1. The first-order valence-electron chi connectivity index (χ1n) is 9.55. The molecule has 1 amide bonds. The molecule has 0 aliphatic heterocycles. The van der Waals surface area contributed by atoms with Crippen LogP contribution in [0.25, 0.3) is 11.3 Å². The minimum Gasteiger partial charge on any atom is -0.441 e. The summed E-state index contributed by atoms with van der Waals surface area (Å²) in [5.74, 6) is -0.797. The first-order valence-corrected chi connectivity index (χ1v) is 10.3. The summed E-state index contributed by atoms with van der Waals surface area (Å²) >= 11 is 12.3. The van der Waals surface area contributed by atoms with Crippen molar-refractivity contribution in [3.05, 3.63) is 88.0 Å². The Hall–Kier alpha value is -3.23. The van der Waals surface area contributed by atoms with E-state index in [1.54, 1.807) is 29.1 Å². The lowest BCUT2D eigenvalue weighted by Gasteiger charge is -2.10. The zero-order valence-corrected chi connectivity index (χ0v) is 18.0. The van der Waals surface area contributed by atoms with Crippen LogP contribution in [-0.4, -0.2) is 20.7 Å². The van der Waals surface area contributed by atoms with E-state index >= 15 is 0 Å². The molecule has 4 aromatic rings. The molecule has 0 fully saturated rings. The Balaban J connectivity index is 1.37. The Bertz CT molecular complexity index is 1270. The van der Waals surface area contributed by atoms with Gasteiger partial charge in [-0.05, 0) is 23.8 Å². The number of carbonyl (C=O) groups excluding carboxylic acids is 1. The van der Waals surface area contributed by atoms with Crippen LogP contribution in [0.4, 0.5) is 14.6 Å². The van der Waals surface area contributed by atoms with Crippen molar-refractivity contribution in [2.75, 3.05) is 5.32 Å². The van der Waals surface area contributed by atoms with Crippen LogP contribution >= 0.6 is 23.2 Å². The number of hydrogen-bond acceptors (Lipinski definition) is 4. The molecule has 0 atom stereocenters. The summed E-state index contributed by atoms with van der Waals surface area (Å²) in [4.78, 5) is 16.5. The second-order valence-corrected chi connectivity index (χ2v) is 7.66. The minimum absolute atomic E-state index is 0.0783. The standard InChI is InChI=1S/C22H16Cl2F2N4O2/c23-16-3-1-2-13(22(16)24)12-30-19(8-9-28-30)29-20(31)6-7-21-27-11-18(32-21)15-5-4-14(25)10-17(15)26/h1-5,8-11H,6-7,12H2,(H,29,31). The van der Waals surface area contributed by atoms with Crippen LogP contribution in [0.5, 0.6) is 0 Å². The average molecular weight is 477 g/mol. The van der Waals surface area contributed by atoms with E-state index in [1.165, 1.54) is 12.3 Å². The van der Waals surface area contributed by atoms with E-state index in [0.29, 0.717) is 22.4 Å². The molecule has 32 heavy (non-hydrogen) atoms. The van der Waals surface area contributed by atoms with Crippen molar-refractivity contribution < 1.29 is 18.0 Å². The highest BCUT2D eigenvalue weighted by Gasteiger charge is 2.14. The number of oxazole rings is 1. The molecule has 4 rings (SSSR count). The maximum Gasteiger partial charge on any atom is 0.226 e. The number of nitrogens with zero attached hydrogens (tertiary/aromatic N) is 3. The number of anilines is 1. The smallest absolute Gasteiger partial charge is 0.226 e. The van der Waals surface area contributed by atoms with Gasteiger partial charge in [0.05, 0.1) is 34.5 Å². The van der Waals surface area contributed by atoms with Crippen molar-refractivity contribution in [1.29, 1.82) is 0 Å². The monoisotopic (exact) mass is 476 g/mol. The average Bonchev–Trinajstić information content (AvgIpc) is 3.40. The summed E-state index contributed by atoms with van der Waals surface area (Å²) in [6, 6.07) is 10.1. The highest BCUT2D eigenvalue weighted by Crippen LogP contribution is 2.27. The molecule has 0 aliphatic carbocycles. The minimum atomic E-state index is -0.751. The van der Waals surface area contributed by atoms with Crippen LogP contribution in [0, 0.1) is 11.6 Å². The molecule has 6 nitrogen and oxygen atoms in total. The number of nitrogens with one attached hydrogen (secondary N) is 1. The van der Waals surface area contributed by atoms with E-state index in [1.807, 2.05) is 6.07 Å². The fourth-order valence-electron chi connectivity index (χ4n) is 3.06. The van der Waals surface area contributed by atoms with Crippen LogP contribution in [0.3, 0.4) is 0 Å². The van der Waals surface area contributed by atoms with Crippen LogP contribution in [-0.2, 0) is 17.8 Å². The lowest BCUT2D eigenvalue weighted by molar-refractivity contribution is -0.116. The van der Waals surface area contributed by atoms with Gasteiger partial charge in [-0.25, -0.2) is 18.4 Å². The predicted octanol–water partition coefficient (Wildman–Crippen LogP) is 5.74. The molecule has 10 heteroatoms. The zero-order valence-electron chi connectivity index (χ0n) is 16.5. The molecule has 0 unspecified atom stereocenters. The number of rotatable bonds is 7. The van der Waals surface area contributed by atoms with Crippen molar-refractivity contribution in [2.45, 2.75) is 19.4 Å². The van der Waals surface area contributed by atoms with Gasteiger partial charge < -0.3 is 9.73 Å². The third-order valence-corrected chi connectivity index (χ3v) is 5.51. The summed E-state index contributed by atoms with van der Waals surface area (Å²) in [7, 11) is 0. The molecule has 0 saturated heterocycles. The quantitative estimate of drug-likeness (QED) is 0.368. The van der Waals surface area contributed by atoms with Gasteiger partial charge in [0.25, 0.3) is 0 Å². The largest absolute Gasteiger partial charge is 0.441 e. The van der Waals surface area contributed by atoms with E-state index in [9.17, 15) is 13.6 Å². The second kappa shape index (κ2) is 9.50. The fraction of sp³-hybridized carbons (Fsp3) is 0.136. The maximum atomic E-state index is 13.9. The number of amides is 1. The number of benzene rings is 2. The van der Waals surface area contributed by atoms with Crippen molar-refractivity contribution >= 4 is 34.9 Å². The second-order valence-electron chi connectivity index (χ2n) is 6.88. The zero-order chi connectivity index (χ0) is 22.7. The Morgan fingerprint density at radius 1 is 1.16 bits per heavy atom. The molecular formula is C22H16Cl2F2N4O2. The van der Waals surface area contributed by atoms with Crippen molar-refractivity contribution in [3.63, 3.8) is 0 Å². The molecule has 0 bridgehead atoms. The number of halogens is 4. The fourth-order valence-corrected chi connectivity index (χ4v) is 3.44. The lowest BCUT2D eigenvalue weighted by Crippen LogP contribution is -2.16. The SMILES string of the molecule is O=C(CCc1ncc(-c2ccc(F)cc2F)o1)Nc1ccnn1Cc1cccc(Cl)c1Cl. The van der Waals surface area contributed by atoms with Gasteiger partial charge in [-0.15, -0.1) is 0 Å². The molecular weight excluding hydrogens is 461 g/mol. The van der Waals surface area contributed by atoms with E-state index in [-0.39, 0.29) is 36.0 Å². The highest BCUT2D eigenvalue weighted by molar-refractivity contribution is 6.42. The number of carbonyl (C=O) groups is 1. The van der Waals surface area contributed by atoms with Crippen molar-refractivity contribution in [3.8, 4) is 11.3 Å². The summed E-state index contributed by atoms with van der Waals surface area (Å²) in [6.07, 6.45) is 3.18. The Morgan fingerprint density at radius 3 is 2.81 bits per heavy atom. The summed E-state index contributed by atoms with van der Waals surface area (Å²) in [6.45, 7) is 0.328. The van der Waals surface area contributed by atoms with Crippen molar-refractivity contribution in [2.24, 2.45) is 0 Å². The van der Waals surface area contributed by atoms with E-state index in [2.05, 4.69) is 15.4 Å². The number of aromatic nitrogens is 3. The van der Waals surface area contributed by atoms with Gasteiger partial charge in [0, 0.05) is 25.0 Å². The molecule has 2 aromatic carbocycles. The predicted molar refractivity (Wildman–Crippen MR) is 117 cm³/mol. The van der Waals surface area contributed by atoms with Crippen LogP contribution < -0.4 is 5.32 Å². The molecule has 1 N–H and O–H groups in total. The van der Waals surface area contributed by atoms with Crippen LogP contribution in [0.15, 0.2) is 59.3 Å². The Labute approximate surface area is 191 Å². The van der Waals surface area contributed by atoms with E-state index < -0.39 is 11.6 Å². The maximum absolute atomic E-state index is 13.9.